The van der Waals surface area contributed by atoms with Crippen molar-refractivity contribution < 1.29 is 9.53 Å². The standard InChI is InChI=1S/C12H19N3O3S/c1-5-9(10(16)18-4)6-7-19-12-14-13-11(17)15(12)8(2)3/h6,8H,5,7H2,1-4H3,(H,13,17). The number of nitrogens with zero attached hydrogens (tertiary/aromatic N) is 2. The van der Waals surface area contributed by atoms with Gasteiger partial charge in [-0.05, 0) is 20.3 Å². The van der Waals surface area contributed by atoms with Gasteiger partial charge in [0, 0.05) is 17.4 Å². The fourth-order valence-corrected chi connectivity index (χ4v) is 2.54. The summed E-state index contributed by atoms with van der Waals surface area (Å²) in [6.07, 6.45) is 2.42. The summed E-state index contributed by atoms with van der Waals surface area (Å²) >= 11 is 1.40. The zero-order valence-corrected chi connectivity index (χ0v) is 12.4. The predicted molar refractivity (Wildman–Crippen MR) is 74.3 cm³/mol. The van der Waals surface area contributed by atoms with Gasteiger partial charge in [0.2, 0.25) is 0 Å². The number of H-pyrrole nitrogens is 1. The van der Waals surface area contributed by atoms with Crippen LogP contribution in [0.4, 0.5) is 0 Å². The monoisotopic (exact) mass is 285 g/mol. The normalized spacial score (nSPS) is 11.9. The molecule has 0 aliphatic carbocycles. The Bertz CT molecular complexity index is 517. The van der Waals surface area contributed by atoms with Gasteiger partial charge in [-0.2, -0.15) is 0 Å². The van der Waals surface area contributed by atoms with Crippen molar-refractivity contribution in [2.24, 2.45) is 0 Å². The number of methoxy groups -OCH3 is 1. The molecule has 1 N–H and O–H groups in total. The topological polar surface area (TPSA) is 77.0 Å². The van der Waals surface area contributed by atoms with Crippen molar-refractivity contribution in [3.63, 3.8) is 0 Å². The van der Waals surface area contributed by atoms with E-state index in [9.17, 15) is 9.59 Å². The fraction of sp³-hybridized carbons (Fsp3) is 0.583. The first-order valence-corrected chi connectivity index (χ1v) is 7.06. The summed E-state index contributed by atoms with van der Waals surface area (Å²) in [4.78, 5) is 22.9. The van der Waals surface area contributed by atoms with Crippen molar-refractivity contribution >= 4 is 17.7 Å². The van der Waals surface area contributed by atoms with E-state index in [1.807, 2.05) is 20.8 Å². The molecule has 6 nitrogen and oxygen atoms in total. The summed E-state index contributed by atoms with van der Waals surface area (Å²) in [7, 11) is 1.36. The average molecular weight is 285 g/mol. The van der Waals surface area contributed by atoms with Crippen molar-refractivity contribution in [2.75, 3.05) is 12.9 Å². The SMILES string of the molecule is CCC(=CCSc1n[nH]c(=O)n1C(C)C)C(=O)OC. The Morgan fingerprint density at radius 2 is 2.26 bits per heavy atom. The zero-order chi connectivity index (χ0) is 14.4. The first-order valence-electron chi connectivity index (χ1n) is 6.08. The van der Waals surface area contributed by atoms with E-state index < -0.39 is 0 Å². The molecule has 0 amide bonds. The molecule has 7 heteroatoms. The van der Waals surface area contributed by atoms with Gasteiger partial charge in [-0.1, -0.05) is 24.8 Å². The molecule has 0 unspecified atom stereocenters. The van der Waals surface area contributed by atoms with Crippen LogP contribution in [0.15, 0.2) is 21.6 Å². The molecule has 0 saturated heterocycles. The van der Waals surface area contributed by atoms with Gasteiger partial charge in [-0.25, -0.2) is 14.7 Å². The van der Waals surface area contributed by atoms with Gasteiger partial charge in [0.1, 0.15) is 0 Å². The summed E-state index contributed by atoms with van der Waals surface area (Å²) in [5, 5.41) is 7.02. The van der Waals surface area contributed by atoms with E-state index in [-0.39, 0.29) is 17.7 Å². The number of thioether (sulfide) groups is 1. The maximum Gasteiger partial charge on any atom is 0.344 e. The Kier molecular flexibility index (Phi) is 5.88. The lowest BCUT2D eigenvalue weighted by Crippen LogP contribution is -2.19. The number of rotatable bonds is 6. The minimum atomic E-state index is -0.314. The van der Waals surface area contributed by atoms with Gasteiger partial charge >= 0.3 is 11.7 Å². The van der Waals surface area contributed by atoms with E-state index in [0.717, 1.165) is 0 Å². The molecule has 0 aliphatic heterocycles. The van der Waals surface area contributed by atoms with Gasteiger partial charge in [0.25, 0.3) is 0 Å². The van der Waals surface area contributed by atoms with E-state index in [4.69, 9.17) is 0 Å². The van der Waals surface area contributed by atoms with Crippen LogP contribution in [-0.2, 0) is 9.53 Å². The van der Waals surface area contributed by atoms with E-state index in [1.165, 1.54) is 18.9 Å². The lowest BCUT2D eigenvalue weighted by molar-refractivity contribution is -0.136. The summed E-state index contributed by atoms with van der Waals surface area (Å²) in [5.74, 6) is 0.251. The summed E-state index contributed by atoms with van der Waals surface area (Å²) in [6.45, 7) is 5.73. The Hall–Kier alpha value is -1.50. The number of nitrogens with one attached hydrogen (secondary N) is 1. The largest absolute Gasteiger partial charge is 0.466 e. The number of aromatic amines is 1. The lowest BCUT2D eigenvalue weighted by Gasteiger charge is -2.07. The molecule has 19 heavy (non-hydrogen) atoms. The fourth-order valence-electron chi connectivity index (χ4n) is 1.57. The Morgan fingerprint density at radius 1 is 1.58 bits per heavy atom. The van der Waals surface area contributed by atoms with Crippen LogP contribution in [0.1, 0.15) is 33.2 Å². The molecular formula is C12H19N3O3S. The number of hydrogen-bond acceptors (Lipinski definition) is 5. The zero-order valence-electron chi connectivity index (χ0n) is 11.6. The Labute approximate surface area is 116 Å². The second kappa shape index (κ2) is 7.18. The molecule has 0 fully saturated rings. The van der Waals surface area contributed by atoms with Crippen molar-refractivity contribution in [3.8, 4) is 0 Å². The molecule has 0 bridgehead atoms. The summed E-state index contributed by atoms with van der Waals surface area (Å²) in [6, 6.07) is 0.0454. The molecule has 1 heterocycles. The summed E-state index contributed by atoms with van der Waals surface area (Å²) < 4.78 is 6.26. The number of ether oxygens (including phenoxy) is 1. The second-order valence-corrected chi connectivity index (χ2v) is 5.15. The molecule has 0 atom stereocenters. The van der Waals surface area contributed by atoms with Crippen LogP contribution in [-0.4, -0.2) is 33.6 Å². The molecule has 0 spiro atoms. The van der Waals surface area contributed by atoms with Gasteiger partial charge in [0.05, 0.1) is 7.11 Å². The third-order valence-corrected chi connectivity index (χ3v) is 3.44. The van der Waals surface area contributed by atoms with Crippen molar-refractivity contribution in [1.29, 1.82) is 0 Å². The van der Waals surface area contributed by atoms with Crippen LogP contribution in [0.5, 0.6) is 0 Å². The van der Waals surface area contributed by atoms with Crippen LogP contribution in [0, 0.1) is 0 Å². The van der Waals surface area contributed by atoms with E-state index in [0.29, 0.717) is 22.9 Å². The highest BCUT2D eigenvalue weighted by Gasteiger charge is 2.12. The second-order valence-electron chi connectivity index (χ2n) is 4.16. The smallest absolute Gasteiger partial charge is 0.344 e. The van der Waals surface area contributed by atoms with Crippen molar-refractivity contribution in [3.05, 3.63) is 22.1 Å². The van der Waals surface area contributed by atoms with Gasteiger partial charge in [-0.3, -0.25) is 4.57 Å². The van der Waals surface area contributed by atoms with Crippen molar-refractivity contribution in [2.45, 2.75) is 38.4 Å². The number of aromatic nitrogens is 3. The predicted octanol–water partition coefficient (Wildman–Crippen LogP) is 1.75. The number of carbonyl (C=O) groups is 1. The number of carbonyl (C=O) groups excluding carboxylic acids is 1. The minimum Gasteiger partial charge on any atom is -0.466 e. The molecule has 1 aromatic rings. The Balaban J connectivity index is 2.75. The lowest BCUT2D eigenvalue weighted by atomic mass is 10.2. The van der Waals surface area contributed by atoms with Crippen LogP contribution < -0.4 is 5.69 Å². The molecule has 1 rings (SSSR count). The summed E-state index contributed by atoms with van der Waals surface area (Å²) in [5.41, 5.74) is 0.411. The van der Waals surface area contributed by atoms with E-state index in [2.05, 4.69) is 14.9 Å². The first kappa shape index (κ1) is 15.6. The van der Waals surface area contributed by atoms with Gasteiger partial charge in [-0.15, -0.1) is 5.10 Å². The number of esters is 1. The molecular weight excluding hydrogens is 266 g/mol. The third-order valence-electron chi connectivity index (χ3n) is 2.56. The van der Waals surface area contributed by atoms with Crippen LogP contribution in [0.25, 0.3) is 0 Å². The third kappa shape index (κ3) is 3.99. The van der Waals surface area contributed by atoms with Gasteiger partial charge in [0.15, 0.2) is 5.16 Å². The quantitative estimate of drug-likeness (QED) is 0.489. The first-order chi connectivity index (χ1) is 9.01. The number of hydrogen-bond donors (Lipinski definition) is 1. The molecule has 0 aliphatic rings. The molecule has 0 saturated carbocycles. The minimum absolute atomic E-state index is 0.0454. The van der Waals surface area contributed by atoms with Gasteiger partial charge < -0.3 is 4.74 Å². The average Bonchev–Trinajstić information content (AvgIpc) is 2.75. The Morgan fingerprint density at radius 3 is 2.79 bits per heavy atom. The maximum absolute atomic E-state index is 11.5. The highest BCUT2D eigenvalue weighted by atomic mass is 32.2. The van der Waals surface area contributed by atoms with Crippen LogP contribution in [0.3, 0.4) is 0 Å². The maximum atomic E-state index is 11.5. The molecule has 0 radical (unpaired) electrons. The molecule has 1 aromatic heterocycles. The highest BCUT2D eigenvalue weighted by Crippen LogP contribution is 2.18. The van der Waals surface area contributed by atoms with Crippen LogP contribution in [0.2, 0.25) is 0 Å². The van der Waals surface area contributed by atoms with E-state index in [1.54, 1.807) is 10.6 Å². The van der Waals surface area contributed by atoms with Crippen molar-refractivity contribution in [1.82, 2.24) is 14.8 Å². The molecule has 0 aromatic carbocycles. The highest BCUT2D eigenvalue weighted by molar-refractivity contribution is 7.99. The van der Waals surface area contributed by atoms with Crippen LogP contribution >= 0.6 is 11.8 Å². The molecule has 106 valence electrons. The van der Waals surface area contributed by atoms with E-state index >= 15 is 0 Å².